The van der Waals surface area contributed by atoms with E-state index >= 15 is 0 Å². The number of aryl methyl sites for hydroxylation is 1. The average molecular weight is 360 g/mol. The van der Waals surface area contributed by atoms with Crippen LogP contribution in [-0.4, -0.2) is 15.9 Å². The van der Waals surface area contributed by atoms with Gasteiger partial charge in [0.2, 0.25) is 5.95 Å². The van der Waals surface area contributed by atoms with Gasteiger partial charge in [-0.05, 0) is 41.7 Å². The molecule has 0 spiro atoms. The van der Waals surface area contributed by atoms with Gasteiger partial charge in [0.1, 0.15) is 0 Å². The van der Waals surface area contributed by atoms with E-state index in [0.717, 1.165) is 16.9 Å². The van der Waals surface area contributed by atoms with Gasteiger partial charge in [0.15, 0.2) is 0 Å². The molecule has 0 saturated carbocycles. The molecule has 1 heterocycles. The number of amides is 1. The smallest absolute Gasteiger partial charge is 0.258 e. The maximum atomic E-state index is 12.4. The average Bonchev–Trinajstić information content (AvgIpc) is 2.64. The topological polar surface area (TPSA) is 66.9 Å². The Bertz CT molecular complexity index is 926. The number of nitrogens with zero attached hydrogens (tertiary/aromatic N) is 2. The van der Waals surface area contributed by atoms with Crippen molar-refractivity contribution in [2.45, 2.75) is 33.1 Å². The summed E-state index contributed by atoms with van der Waals surface area (Å²) < 4.78 is 0. The summed E-state index contributed by atoms with van der Waals surface area (Å²) in [4.78, 5) is 20.9. The number of carbonyl (C=O) groups excluding carboxylic acids is 1. The maximum absolute atomic E-state index is 12.4. The Morgan fingerprint density at radius 1 is 0.926 bits per heavy atom. The molecule has 138 valence electrons. The number of benzene rings is 2. The van der Waals surface area contributed by atoms with E-state index in [1.54, 1.807) is 0 Å². The zero-order chi connectivity index (χ0) is 19.4. The lowest BCUT2D eigenvalue weighted by Gasteiger charge is -2.19. The van der Waals surface area contributed by atoms with Gasteiger partial charge in [-0.3, -0.25) is 4.79 Å². The molecule has 0 radical (unpaired) electrons. The van der Waals surface area contributed by atoms with Gasteiger partial charge in [-0.25, -0.2) is 9.97 Å². The zero-order valence-electron chi connectivity index (χ0n) is 16.1. The molecule has 5 heteroatoms. The standard InChI is InChI=1S/C22H24N4O/c1-15-7-5-6-8-19(15)26-21-23-13-16(14-24-21)20(27)25-18-11-9-17(10-12-18)22(2,3)4/h5-14H,1-4H3,(H,25,27)(H,23,24,26). The monoisotopic (exact) mass is 360 g/mol. The van der Waals surface area contributed by atoms with Crippen LogP contribution in [0.5, 0.6) is 0 Å². The first-order chi connectivity index (χ1) is 12.8. The fourth-order valence-electron chi connectivity index (χ4n) is 2.60. The number of aromatic nitrogens is 2. The van der Waals surface area contributed by atoms with E-state index in [1.165, 1.54) is 18.0 Å². The van der Waals surface area contributed by atoms with Gasteiger partial charge in [0.25, 0.3) is 5.91 Å². The van der Waals surface area contributed by atoms with Crippen molar-refractivity contribution >= 4 is 23.2 Å². The van der Waals surface area contributed by atoms with Gasteiger partial charge in [0, 0.05) is 23.8 Å². The SMILES string of the molecule is Cc1ccccc1Nc1ncc(C(=O)Nc2ccc(C(C)(C)C)cc2)cn1. The minimum absolute atomic E-state index is 0.0797. The summed E-state index contributed by atoms with van der Waals surface area (Å²) in [7, 11) is 0. The molecule has 3 aromatic rings. The third kappa shape index (κ3) is 4.70. The van der Waals surface area contributed by atoms with Crippen molar-refractivity contribution in [2.75, 3.05) is 10.6 Å². The molecule has 0 unspecified atom stereocenters. The highest BCUT2D eigenvalue weighted by molar-refractivity contribution is 6.03. The van der Waals surface area contributed by atoms with Gasteiger partial charge in [-0.15, -0.1) is 0 Å². The van der Waals surface area contributed by atoms with Gasteiger partial charge < -0.3 is 10.6 Å². The fourth-order valence-corrected chi connectivity index (χ4v) is 2.60. The molecule has 2 N–H and O–H groups in total. The number of hydrogen-bond donors (Lipinski definition) is 2. The second kappa shape index (κ2) is 7.58. The van der Waals surface area contributed by atoms with E-state index < -0.39 is 0 Å². The molecule has 2 aromatic carbocycles. The number of hydrogen-bond acceptors (Lipinski definition) is 4. The van der Waals surface area contributed by atoms with Gasteiger partial charge >= 0.3 is 0 Å². The van der Waals surface area contributed by atoms with Crippen molar-refractivity contribution in [3.8, 4) is 0 Å². The first kappa shape index (κ1) is 18.6. The van der Waals surface area contributed by atoms with Crippen molar-refractivity contribution in [2.24, 2.45) is 0 Å². The molecule has 0 bridgehead atoms. The molecular weight excluding hydrogens is 336 g/mol. The van der Waals surface area contributed by atoms with Crippen LogP contribution in [0.1, 0.15) is 42.3 Å². The van der Waals surface area contributed by atoms with Crippen molar-refractivity contribution in [1.82, 2.24) is 9.97 Å². The van der Waals surface area contributed by atoms with Crippen LogP contribution >= 0.6 is 0 Å². The van der Waals surface area contributed by atoms with E-state index in [2.05, 4.69) is 41.4 Å². The summed E-state index contributed by atoms with van der Waals surface area (Å²) in [5.74, 6) is 0.219. The predicted molar refractivity (Wildman–Crippen MR) is 110 cm³/mol. The summed E-state index contributed by atoms with van der Waals surface area (Å²) >= 11 is 0. The third-order valence-corrected chi connectivity index (χ3v) is 4.31. The van der Waals surface area contributed by atoms with Crippen molar-refractivity contribution < 1.29 is 4.79 Å². The van der Waals surface area contributed by atoms with Gasteiger partial charge in [-0.1, -0.05) is 51.1 Å². The van der Waals surface area contributed by atoms with Crippen molar-refractivity contribution in [1.29, 1.82) is 0 Å². The Morgan fingerprint density at radius 3 is 2.15 bits per heavy atom. The number of nitrogens with one attached hydrogen (secondary N) is 2. The Balaban J connectivity index is 1.66. The molecule has 27 heavy (non-hydrogen) atoms. The van der Waals surface area contributed by atoms with E-state index in [-0.39, 0.29) is 11.3 Å². The molecular formula is C22H24N4O. The first-order valence-electron chi connectivity index (χ1n) is 8.89. The van der Waals surface area contributed by atoms with E-state index in [0.29, 0.717) is 11.5 Å². The molecule has 5 nitrogen and oxygen atoms in total. The van der Waals surface area contributed by atoms with Crippen LogP contribution in [0.25, 0.3) is 0 Å². The lowest BCUT2D eigenvalue weighted by Crippen LogP contribution is -2.14. The van der Waals surface area contributed by atoms with E-state index in [9.17, 15) is 4.79 Å². The van der Waals surface area contributed by atoms with Crippen LogP contribution in [0.15, 0.2) is 60.9 Å². The highest BCUT2D eigenvalue weighted by Crippen LogP contribution is 2.23. The van der Waals surface area contributed by atoms with Crippen LogP contribution in [0, 0.1) is 6.92 Å². The van der Waals surface area contributed by atoms with Crippen LogP contribution < -0.4 is 10.6 Å². The second-order valence-corrected chi connectivity index (χ2v) is 7.52. The van der Waals surface area contributed by atoms with Crippen LogP contribution in [-0.2, 0) is 5.41 Å². The molecule has 1 aromatic heterocycles. The first-order valence-corrected chi connectivity index (χ1v) is 8.89. The normalized spacial score (nSPS) is 11.1. The third-order valence-electron chi connectivity index (χ3n) is 4.31. The molecule has 0 saturated heterocycles. The molecule has 0 aliphatic rings. The highest BCUT2D eigenvalue weighted by atomic mass is 16.1. The Kier molecular flexibility index (Phi) is 5.21. The summed E-state index contributed by atoms with van der Waals surface area (Å²) in [5, 5.41) is 6.03. The molecule has 0 aliphatic heterocycles. The van der Waals surface area contributed by atoms with Gasteiger partial charge in [-0.2, -0.15) is 0 Å². The van der Waals surface area contributed by atoms with Crippen molar-refractivity contribution in [3.63, 3.8) is 0 Å². The fraction of sp³-hybridized carbons (Fsp3) is 0.227. The quantitative estimate of drug-likeness (QED) is 0.681. The summed E-state index contributed by atoms with van der Waals surface area (Å²) in [6.45, 7) is 8.48. The lowest BCUT2D eigenvalue weighted by molar-refractivity contribution is 0.102. The molecule has 3 rings (SSSR count). The van der Waals surface area contributed by atoms with E-state index in [1.807, 2.05) is 55.5 Å². The number of rotatable bonds is 4. The second-order valence-electron chi connectivity index (χ2n) is 7.52. The van der Waals surface area contributed by atoms with E-state index in [4.69, 9.17) is 0 Å². The Hall–Kier alpha value is -3.21. The van der Waals surface area contributed by atoms with Gasteiger partial charge in [0.05, 0.1) is 5.56 Å². The molecule has 0 fully saturated rings. The predicted octanol–water partition coefficient (Wildman–Crippen LogP) is 5.08. The molecule has 0 aliphatic carbocycles. The lowest BCUT2D eigenvalue weighted by atomic mass is 9.87. The zero-order valence-corrected chi connectivity index (χ0v) is 16.1. The minimum atomic E-state index is -0.235. The summed E-state index contributed by atoms with van der Waals surface area (Å²) in [6.07, 6.45) is 3.04. The number of para-hydroxylation sites is 1. The van der Waals surface area contributed by atoms with Crippen LogP contribution in [0.2, 0.25) is 0 Å². The largest absolute Gasteiger partial charge is 0.324 e. The van der Waals surface area contributed by atoms with Crippen LogP contribution in [0.4, 0.5) is 17.3 Å². The number of anilines is 3. The minimum Gasteiger partial charge on any atom is -0.324 e. The summed E-state index contributed by atoms with van der Waals surface area (Å²) in [6, 6.07) is 15.8. The molecule has 1 amide bonds. The summed E-state index contributed by atoms with van der Waals surface area (Å²) in [5.41, 5.74) is 4.49. The number of carbonyl (C=O) groups is 1. The Labute approximate surface area is 159 Å². The highest BCUT2D eigenvalue weighted by Gasteiger charge is 2.14. The van der Waals surface area contributed by atoms with Crippen LogP contribution in [0.3, 0.4) is 0 Å². The van der Waals surface area contributed by atoms with Crippen molar-refractivity contribution in [3.05, 3.63) is 77.6 Å². The molecule has 0 atom stereocenters. The Morgan fingerprint density at radius 2 is 1.56 bits per heavy atom. The maximum Gasteiger partial charge on any atom is 0.258 e.